The first-order chi connectivity index (χ1) is 3.72. The van der Waals surface area contributed by atoms with Crippen molar-refractivity contribution in [3.63, 3.8) is 0 Å². The van der Waals surface area contributed by atoms with Crippen molar-refractivity contribution in [2.45, 2.75) is 19.1 Å². The van der Waals surface area contributed by atoms with Gasteiger partial charge in [-0.15, -0.1) is 0 Å². The highest BCUT2D eigenvalue weighted by molar-refractivity contribution is 4.82. The van der Waals surface area contributed by atoms with Gasteiger partial charge in [-0.2, -0.15) is 0 Å². The van der Waals surface area contributed by atoms with Gasteiger partial charge in [0.1, 0.15) is 6.10 Å². The van der Waals surface area contributed by atoms with Crippen LogP contribution >= 0.6 is 0 Å². The fourth-order valence-corrected chi connectivity index (χ4v) is 0.619. The Bertz CT molecular complexity index is 74.6. The lowest BCUT2D eigenvalue weighted by Crippen LogP contribution is -2.21. The third kappa shape index (κ3) is 1.20. The molecule has 47 valence electrons. The molecule has 2 nitrogen and oxygen atoms in total. The molecule has 0 aromatic heterocycles. The molecule has 2 heteroatoms. The molecule has 3 atom stereocenters. The topological polar surface area (TPSA) is 32.8 Å². The molecule has 0 amide bonds. The van der Waals surface area contributed by atoms with Crippen molar-refractivity contribution in [1.82, 2.24) is 0 Å². The first kappa shape index (κ1) is 6.05. The second-order valence-corrected chi connectivity index (χ2v) is 2.34. The second kappa shape index (κ2) is 2.03. The van der Waals surface area contributed by atoms with Gasteiger partial charge in [0.25, 0.3) is 0 Å². The van der Waals surface area contributed by atoms with Crippen molar-refractivity contribution in [2.75, 3.05) is 6.61 Å². The van der Waals surface area contributed by atoms with E-state index in [1.54, 1.807) is 0 Å². The van der Waals surface area contributed by atoms with Crippen LogP contribution in [0.25, 0.3) is 0 Å². The molecular formula is C6H11O2. The van der Waals surface area contributed by atoms with Gasteiger partial charge in [0, 0.05) is 0 Å². The van der Waals surface area contributed by atoms with Crippen molar-refractivity contribution in [3.05, 3.63) is 6.92 Å². The summed E-state index contributed by atoms with van der Waals surface area (Å²) in [6.45, 7) is 6.26. The van der Waals surface area contributed by atoms with Crippen LogP contribution in [0, 0.1) is 12.8 Å². The zero-order valence-corrected chi connectivity index (χ0v) is 5.00. The van der Waals surface area contributed by atoms with E-state index in [4.69, 9.17) is 9.84 Å². The van der Waals surface area contributed by atoms with Crippen LogP contribution in [-0.4, -0.2) is 23.9 Å². The van der Waals surface area contributed by atoms with Gasteiger partial charge in [0.05, 0.1) is 12.7 Å². The average molecular weight is 115 g/mol. The van der Waals surface area contributed by atoms with Gasteiger partial charge in [-0.25, -0.2) is 0 Å². The summed E-state index contributed by atoms with van der Waals surface area (Å²) in [5.74, 6) is 0.0856. The Morgan fingerprint density at radius 2 is 2.38 bits per heavy atom. The van der Waals surface area contributed by atoms with Crippen LogP contribution in [0.4, 0.5) is 0 Å². The Morgan fingerprint density at radius 1 is 1.88 bits per heavy atom. The second-order valence-electron chi connectivity index (χ2n) is 2.34. The standard InChI is InChI=1S/C6H11O2/c1-4(2)6(7)5-3-8-5/h4-7H,1,3H2,2H3. The third-order valence-electron chi connectivity index (χ3n) is 1.32. The van der Waals surface area contributed by atoms with Crippen LogP contribution in [0.15, 0.2) is 0 Å². The van der Waals surface area contributed by atoms with Crippen LogP contribution in [-0.2, 0) is 4.74 Å². The highest BCUT2D eigenvalue weighted by Gasteiger charge is 2.32. The Kier molecular flexibility index (Phi) is 1.54. The molecule has 1 aliphatic heterocycles. The molecule has 1 rings (SSSR count). The van der Waals surface area contributed by atoms with Crippen molar-refractivity contribution in [1.29, 1.82) is 0 Å². The molecule has 1 saturated heterocycles. The van der Waals surface area contributed by atoms with Crippen LogP contribution in [0.1, 0.15) is 6.92 Å². The summed E-state index contributed by atoms with van der Waals surface area (Å²) in [5.41, 5.74) is 0. The molecule has 8 heavy (non-hydrogen) atoms. The van der Waals surface area contributed by atoms with E-state index < -0.39 is 0 Å². The maximum Gasteiger partial charge on any atom is 0.107 e. The van der Waals surface area contributed by atoms with E-state index in [9.17, 15) is 0 Å². The molecule has 3 unspecified atom stereocenters. The molecule has 1 heterocycles. The molecule has 0 spiro atoms. The SMILES string of the molecule is [CH2]C(C)C(O)C1CO1. The summed E-state index contributed by atoms with van der Waals surface area (Å²) >= 11 is 0. The number of epoxide rings is 1. The molecule has 0 aliphatic carbocycles. The number of hydrogen-bond donors (Lipinski definition) is 1. The van der Waals surface area contributed by atoms with E-state index >= 15 is 0 Å². The largest absolute Gasteiger partial charge is 0.390 e. The smallest absolute Gasteiger partial charge is 0.107 e. The number of aliphatic hydroxyl groups is 1. The van der Waals surface area contributed by atoms with E-state index in [0.717, 1.165) is 0 Å². The van der Waals surface area contributed by atoms with Gasteiger partial charge in [-0.1, -0.05) is 6.92 Å². The molecule has 1 fully saturated rings. The van der Waals surface area contributed by atoms with Crippen LogP contribution in [0.3, 0.4) is 0 Å². The van der Waals surface area contributed by atoms with Gasteiger partial charge in [0.15, 0.2) is 0 Å². The highest BCUT2D eigenvalue weighted by atomic mass is 16.6. The third-order valence-corrected chi connectivity index (χ3v) is 1.32. The van der Waals surface area contributed by atoms with E-state index in [1.807, 2.05) is 6.92 Å². The summed E-state index contributed by atoms with van der Waals surface area (Å²) in [4.78, 5) is 0. The number of aliphatic hydroxyl groups excluding tert-OH is 1. The van der Waals surface area contributed by atoms with Gasteiger partial charge < -0.3 is 9.84 Å². The molecule has 0 bridgehead atoms. The van der Waals surface area contributed by atoms with Gasteiger partial charge in [-0.05, 0) is 12.8 Å². The Labute approximate surface area is 49.5 Å². The number of ether oxygens (including phenoxy) is 1. The summed E-state index contributed by atoms with van der Waals surface area (Å²) < 4.78 is 4.84. The van der Waals surface area contributed by atoms with Gasteiger partial charge >= 0.3 is 0 Å². The quantitative estimate of drug-likeness (QED) is 0.522. The molecule has 1 aliphatic rings. The first-order valence-electron chi connectivity index (χ1n) is 2.84. The summed E-state index contributed by atoms with van der Waals surface area (Å²) in [6, 6.07) is 0. The summed E-state index contributed by atoms with van der Waals surface area (Å²) in [7, 11) is 0. The lowest BCUT2D eigenvalue weighted by molar-refractivity contribution is 0.102. The highest BCUT2D eigenvalue weighted by Crippen LogP contribution is 2.18. The van der Waals surface area contributed by atoms with Crippen molar-refractivity contribution < 1.29 is 9.84 Å². The molecule has 1 N–H and O–H groups in total. The molecule has 0 aromatic carbocycles. The van der Waals surface area contributed by atoms with Gasteiger partial charge in [0.2, 0.25) is 0 Å². The van der Waals surface area contributed by atoms with E-state index in [0.29, 0.717) is 6.61 Å². The fourth-order valence-electron chi connectivity index (χ4n) is 0.619. The molecule has 1 radical (unpaired) electrons. The minimum atomic E-state index is -0.352. The molecule has 0 aromatic rings. The zero-order chi connectivity index (χ0) is 6.15. The molecular weight excluding hydrogens is 104 g/mol. The Morgan fingerprint density at radius 3 is 2.50 bits per heavy atom. The van der Waals surface area contributed by atoms with Crippen LogP contribution in [0.2, 0.25) is 0 Å². The average Bonchev–Trinajstić information content (AvgIpc) is 2.43. The number of hydrogen-bond acceptors (Lipinski definition) is 2. The number of rotatable bonds is 2. The maximum atomic E-state index is 9.08. The predicted octanol–water partition coefficient (Wildman–Crippen LogP) is 0.216. The zero-order valence-electron chi connectivity index (χ0n) is 5.00. The minimum Gasteiger partial charge on any atom is -0.390 e. The van der Waals surface area contributed by atoms with E-state index in [-0.39, 0.29) is 18.1 Å². The van der Waals surface area contributed by atoms with Crippen molar-refractivity contribution >= 4 is 0 Å². The summed E-state index contributed by atoms with van der Waals surface area (Å²) in [5, 5.41) is 9.08. The minimum absolute atomic E-state index is 0.0856. The normalized spacial score (nSPS) is 30.8. The lowest BCUT2D eigenvalue weighted by Gasteiger charge is -2.09. The van der Waals surface area contributed by atoms with Gasteiger partial charge in [-0.3, -0.25) is 0 Å². The van der Waals surface area contributed by atoms with E-state index in [2.05, 4.69) is 6.92 Å². The maximum absolute atomic E-state index is 9.08. The first-order valence-corrected chi connectivity index (χ1v) is 2.84. The van der Waals surface area contributed by atoms with E-state index in [1.165, 1.54) is 0 Å². The Balaban J connectivity index is 2.22. The fraction of sp³-hybridized carbons (Fsp3) is 0.833. The Hall–Kier alpha value is -0.0800. The van der Waals surface area contributed by atoms with Crippen molar-refractivity contribution in [3.8, 4) is 0 Å². The summed E-state index contributed by atoms with van der Waals surface area (Å²) in [6.07, 6.45) is -0.266. The molecule has 0 saturated carbocycles. The predicted molar refractivity (Wildman–Crippen MR) is 30.3 cm³/mol. The van der Waals surface area contributed by atoms with Crippen LogP contribution in [0.5, 0.6) is 0 Å². The lowest BCUT2D eigenvalue weighted by atomic mass is 10.1. The monoisotopic (exact) mass is 115 g/mol. The van der Waals surface area contributed by atoms with Crippen LogP contribution < -0.4 is 0 Å². The van der Waals surface area contributed by atoms with Crippen molar-refractivity contribution in [2.24, 2.45) is 5.92 Å².